The van der Waals surface area contributed by atoms with Crippen molar-refractivity contribution >= 4 is 0 Å². The molecule has 3 atom stereocenters. The van der Waals surface area contributed by atoms with E-state index in [-0.39, 0.29) is 6.04 Å². The lowest BCUT2D eigenvalue weighted by Gasteiger charge is -2.37. The molecule has 0 aliphatic carbocycles. The third-order valence-electron chi connectivity index (χ3n) is 4.51. The van der Waals surface area contributed by atoms with Crippen molar-refractivity contribution in [2.24, 2.45) is 5.73 Å². The Morgan fingerprint density at radius 1 is 1.38 bits per heavy atom. The number of aliphatic hydroxyl groups is 1. The molecule has 1 saturated heterocycles. The van der Waals surface area contributed by atoms with Crippen molar-refractivity contribution in [2.75, 3.05) is 33.7 Å². The van der Waals surface area contributed by atoms with E-state index in [1.807, 2.05) is 18.2 Å². The molecule has 1 fully saturated rings. The predicted octanol–water partition coefficient (Wildman–Crippen LogP) is 0.943. The molecule has 1 aliphatic rings. The first-order valence-corrected chi connectivity index (χ1v) is 7.92. The van der Waals surface area contributed by atoms with Gasteiger partial charge in [0, 0.05) is 25.2 Å². The highest BCUT2D eigenvalue weighted by atomic mass is 16.3. The molecule has 4 heteroatoms. The van der Waals surface area contributed by atoms with Crippen molar-refractivity contribution in [3.63, 3.8) is 0 Å². The lowest BCUT2D eigenvalue weighted by atomic mass is 10.00. The minimum atomic E-state index is -0.484. The molecule has 4 nitrogen and oxygen atoms in total. The van der Waals surface area contributed by atoms with Crippen molar-refractivity contribution in [3.8, 4) is 0 Å². The Morgan fingerprint density at radius 3 is 2.76 bits per heavy atom. The van der Waals surface area contributed by atoms with Crippen LogP contribution in [0, 0.1) is 0 Å². The monoisotopic (exact) mass is 291 g/mol. The summed E-state index contributed by atoms with van der Waals surface area (Å²) in [5.41, 5.74) is 7.35. The van der Waals surface area contributed by atoms with Crippen molar-refractivity contribution in [1.29, 1.82) is 0 Å². The molecular weight excluding hydrogens is 262 g/mol. The van der Waals surface area contributed by atoms with Gasteiger partial charge >= 0.3 is 0 Å². The van der Waals surface area contributed by atoms with E-state index in [9.17, 15) is 5.11 Å². The molecule has 0 radical (unpaired) electrons. The second-order valence-corrected chi connectivity index (χ2v) is 6.42. The number of nitrogens with two attached hydrogens (primary N) is 1. The Bertz CT molecular complexity index is 412. The largest absolute Gasteiger partial charge is 0.390 e. The molecule has 1 aromatic rings. The number of nitrogens with zero attached hydrogens (tertiary/aromatic N) is 2. The highest BCUT2D eigenvalue weighted by Gasteiger charge is 2.24. The minimum absolute atomic E-state index is 0.212. The molecule has 3 unspecified atom stereocenters. The summed E-state index contributed by atoms with van der Waals surface area (Å²) in [4.78, 5) is 4.63. The Hall–Kier alpha value is -0.940. The number of likely N-dealkylation sites (N-methyl/N-ethyl adjacent to an activating group) is 2. The Balaban J connectivity index is 1.81. The number of likely N-dealkylation sites (tertiary alicyclic amines) is 1. The zero-order valence-corrected chi connectivity index (χ0v) is 13.3. The number of hydrogen-bond acceptors (Lipinski definition) is 4. The number of benzene rings is 1. The van der Waals surface area contributed by atoms with Gasteiger partial charge in [-0.2, -0.15) is 0 Å². The molecule has 0 amide bonds. The number of aliphatic hydroxyl groups excluding tert-OH is 1. The van der Waals surface area contributed by atoms with Gasteiger partial charge < -0.3 is 15.7 Å². The van der Waals surface area contributed by atoms with Gasteiger partial charge in [0.2, 0.25) is 0 Å². The number of rotatable bonds is 6. The van der Waals surface area contributed by atoms with Crippen molar-refractivity contribution in [3.05, 3.63) is 35.9 Å². The average Bonchev–Trinajstić information content (AvgIpc) is 2.48. The summed E-state index contributed by atoms with van der Waals surface area (Å²) in [6.45, 7) is 2.91. The molecule has 0 spiro atoms. The van der Waals surface area contributed by atoms with Gasteiger partial charge in [-0.05, 0) is 45.5 Å². The van der Waals surface area contributed by atoms with Crippen LogP contribution in [0.3, 0.4) is 0 Å². The second kappa shape index (κ2) is 7.90. The van der Waals surface area contributed by atoms with Gasteiger partial charge in [0.15, 0.2) is 0 Å². The molecule has 0 bridgehead atoms. The molecule has 1 aliphatic heterocycles. The normalized spacial score (nSPS) is 23.2. The smallest absolute Gasteiger partial charge is 0.0820 e. The van der Waals surface area contributed by atoms with E-state index in [0.717, 1.165) is 13.0 Å². The summed E-state index contributed by atoms with van der Waals surface area (Å²) < 4.78 is 0. The maximum Gasteiger partial charge on any atom is 0.0820 e. The van der Waals surface area contributed by atoms with Crippen molar-refractivity contribution < 1.29 is 5.11 Å². The van der Waals surface area contributed by atoms with E-state index in [4.69, 9.17) is 5.73 Å². The average molecular weight is 291 g/mol. The first-order chi connectivity index (χ1) is 10.1. The summed E-state index contributed by atoms with van der Waals surface area (Å²) in [7, 11) is 4.26. The predicted molar refractivity (Wildman–Crippen MR) is 87.3 cm³/mol. The van der Waals surface area contributed by atoms with Crippen LogP contribution in [0.2, 0.25) is 0 Å². The fourth-order valence-electron chi connectivity index (χ4n) is 3.10. The van der Waals surface area contributed by atoms with Crippen LogP contribution in [-0.4, -0.2) is 66.8 Å². The van der Waals surface area contributed by atoms with E-state index in [1.165, 1.54) is 24.9 Å². The fraction of sp³-hybridized carbons (Fsp3) is 0.647. The summed E-state index contributed by atoms with van der Waals surface area (Å²) >= 11 is 0. The van der Waals surface area contributed by atoms with E-state index >= 15 is 0 Å². The quantitative estimate of drug-likeness (QED) is 0.819. The van der Waals surface area contributed by atoms with Crippen molar-refractivity contribution in [1.82, 2.24) is 9.80 Å². The van der Waals surface area contributed by atoms with Crippen molar-refractivity contribution in [2.45, 2.75) is 37.5 Å². The molecule has 2 rings (SSSR count). The number of piperidine rings is 1. The maximum atomic E-state index is 10.4. The molecule has 0 saturated carbocycles. The highest BCUT2D eigenvalue weighted by molar-refractivity contribution is 5.16. The molecule has 1 aromatic carbocycles. The van der Waals surface area contributed by atoms with E-state index in [0.29, 0.717) is 12.6 Å². The Morgan fingerprint density at radius 2 is 2.10 bits per heavy atom. The van der Waals surface area contributed by atoms with Gasteiger partial charge in [-0.15, -0.1) is 0 Å². The number of hydrogen-bond donors (Lipinski definition) is 2. The minimum Gasteiger partial charge on any atom is -0.390 e. The van der Waals surface area contributed by atoms with Crippen LogP contribution in [0.25, 0.3) is 0 Å². The fourth-order valence-corrected chi connectivity index (χ4v) is 3.10. The molecule has 0 aromatic heterocycles. The lowest BCUT2D eigenvalue weighted by Crippen LogP contribution is -2.50. The van der Waals surface area contributed by atoms with Crippen LogP contribution >= 0.6 is 0 Å². The van der Waals surface area contributed by atoms with E-state index in [2.05, 4.69) is 36.0 Å². The molecule has 21 heavy (non-hydrogen) atoms. The van der Waals surface area contributed by atoms with Crippen LogP contribution in [-0.2, 0) is 6.42 Å². The van der Waals surface area contributed by atoms with Crippen LogP contribution < -0.4 is 5.73 Å². The molecular formula is C17H29N3O. The van der Waals surface area contributed by atoms with Gasteiger partial charge in [-0.1, -0.05) is 30.3 Å². The van der Waals surface area contributed by atoms with Gasteiger partial charge in [0.1, 0.15) is 0 Å². The van der Waals surface area contributed by atoms with Gasteiger partial charge in [0.25, 0.3) is 0 Å². The van der Waals surface area contributed by atoms with Crippen LogP contribution in [0.15, 0.2) is 30.3 Å². The third kappa shape index (κ3) is 5.08. The van der Waals surface area contributed by atoms with Crippen LogP contribution in [0.4, 0.5) is 0 Å². The standard InChI is InChI=1S/C17H29N3O/c1-19-10-6-9-15(12-19)20(2)13-17(21)16(18)11-14-7-4-3-5-8-14/h3-5,7-8,15-17,21H,6,9-13,18H2,1-2H3. The zero-order valence-electron chi connectivity index (χ0n) is 13.3. The first kappa shape index (κ1) is 16.4. The SMILES string of the molecule is CN1CCCC(N(C)CC(O)C(N)Cc2ccccc2)C1. The third-order valence-corrected chi connectivity index (χ3v) is 4.51. The topological polar surface area (TPSA) is 52.7 Å². The van der Waals surface area contributed by atoms with Crippen LogP contribution in [0.5, 0.6) is 0 Å². The summed E-state index contributed by atoms with van der Waals surface area (Å²) in [6, 6.07) is 10.5. The Labute approximate surface area is 128 Å². The Kier molecular flexibility index (Phi) is 6.18. The maximum absolute atomic E-state index is 10.4. The second-order valence-electron chi connectivity index (χ2n) is 6.42. The van der Waals surface area contributed by atoms with E-state index in [1.54, 1.807) is 0 Å². The lowest BCUT2D eigenvalue weighted by molar-refractivity contribution is 0.0613. The van der Waals surface area contributed by atoms with Gasteiger partial charge in [-0.25, -0.2) is 0 Å². The summed E-state index contributed by atoms with van der Waals surface area (Å²) in [5, 5.41) is 10.4. The molecule has 118 valence electrons. The van der Waals surface area contributed by atoms with Crippen LogP contribution in [0.1, 0.15) is 18.4 Å². The van der Waals surface area contributed by atoms with Gasteiger partial charge in [-0.3, -0.25) is 4.90 Å². The summed E-state index contributed by atoms with van der Waals surface area (Å²) in [6.07, 6.45) is 2.68. The summed E-state index contributed by atoms with van der Waals surface area (Å²) in [5.74, 6) is 0. The zero-order chi connectivity index (χ0) is 15.2. The first-order valence-electron chi connectivity index (χ1n) is 7.92. The van der Waals surface area contributed by atoms with E-state index < -0.39 is 6.10 Å². The molecule has 3 N–H and O–H groups in total. The highest BCUT2D eigenvalue weighted by Crippen LogP contribution is 2.14. The molecule has 1 heterocycles. The van der Waals surface area contributed by atoms with Gasteiger partial charge in [0.05, 0.1) is 6.10 Å².